The van der Waals surface area contributed by atoms with Gasteiger partial charge in [0.2, 0.25) is 0 Å². The van der Waals surface area contributed by atoms with Gasteiger partial charge in [0.1, 0.15) is 0 Å². The van der Waals surface area contributed by atoms with Gasteiger partial charge in [0, 0.05) is 24.0 Å². The molecule has 3 aliphatic rings. The van der Waals surface area contributed by atoms with Gasteiger partial charge in [0.05, 0.1) is 4.92 Å². The topological polar surface area (TPSA) is 43.1 Å². The molecule has 2 bridgehead atoms. The van der Waals surface area contributed by atoms with Crippen LogP contribution in [-0.4, -0.2) is 4.92 Å². The summed E-state index contributed by atoms with van der Waals surface area (Å²) in [4.78, 5) is 10.6. The van der Waals surface area contributed by atoms with Crippen molar-refractivity contribution >= 4 is 5.69 Å². The Balaban J connectivity index is 1.95. The quantitative estimate of drug-likeness (QED) is 0.568. The molecule has 19 heavy (non-hydrogen) atoms. The van der Waals surface area contributed by atoms with Crippen LogP contribution in [0.2, 0.25) is 0 Å². The molecular weight excluding hydrogens is 238 g/mol. The van der Waals surface area contributed by atoms with Crippen molar-refractivity contribution in [3.63, 3.8) is 0 Å². The first kappa shape index (κ1) is 10.7. The highest BCUT2D eigenvalue weighted by Crippen LogP contribution is 2.53. The van der Waals surface area contributed by atoms with E-state index < -0.39 is 0 Å². The lowest BCUT2D eigenvalue weighted by Crippen LogP contribution is -2.24. The number of nitrogens with zero attached hydrogens (tertiary/aromatic N) is 1. The van der Waals surface area contributed by atoms with E-state index in [4.69, 9.17) is 0 Å². The molecule has 0 aromatic heterocycles. The number of non-ortho nitro benzene ring substituents is 1. The number of hydrogen-bond donors (Lipinski definition) is 0. The van der Waals surface area contributed by atoms with Crippen molar-refractivity contribution in [3.05, 3.63) is 74.8 Å². The molecule has 3 heteroatoms. The molecule has 0 fully saturated rings. The second-order valence-electron chi connectivity index (χ2n) is 5.38. The second-order valence-corrected chi connectivity index (χ2v) is 5.38. The minimum Gasteiger partial charge on any atom is -0.258 e. The molecule has 94 valence electrons. The lowest BCUT2D eigenvalue weighted by Gasteiger charge is -2.40. The molecule has 2 aromatic carbocycles. The summed E-state index contributed by atoms with van der Waals surface area (Å²) in [6.07, 6.45) is 2.27. The smallest absolute Gasteiger partial charge is 0.258 e. The van der Waals surface area contributed by atoms with Gasteiger partial charge in [-0.15, -0.1) is 0 Å². The molecule has 2 aromatic rings. The minimum atomic E-state index is -0.297. The molecule has 0 radical (unpaired) electrons. The fourth-order valence-electron chi connectivity index (χ4n) is 3.73. The molecule has 2 unspecified atom stereocenters. The van der Waals surface area contributed by atoms with Crippen LogP contribution in [0.1, 0.15) is 46.9 Å². The van der Waals surface area contributed by atoms with E-state index in [0.29, 0.717) is 11.8 Å². The molecule has 0 amide bonds. The summed E-state index contributed by atoms with van der Waals surface area (Å²) in [6, 6.07) is 13.9. The van der Waals surface area contributed by atoms with Crippen LogP contribution in [0.5, 0.6) is 0 Å². The summed E-state index contributed by atoms with van der Waals surface area (Å²) in [7, 11) is 0. The number of nitro groups is 1. The van der Waals surface area contributed by atoms with E-state index in [1.807, 2.05) is 6.07 Å². The van der Waals surface area contributed by atoms with Crippen LogP contribution in [0.25, 0.3) is 0 Å². The van der Waals surface area contributed by atoms with Gasteiger partial charge >= 0.3 is 0 Å². The van der Waals surface area contributed by atoms with Crippen molar-refractivity contribution in [2.45, 2.75) is 24.7 Å². The van der Waals surface area contributed by atoms with Crippen LogP contribution in [0.3, 0.4) is 0 Å². The van der Waals surface area contributed by atoms with Gasteiger partial charge in [-0.1, -0.05) is 30.3 Å². The number of rotatable bonds is 1. The van der Waals surface area contributed by atoms with Gasteiger partial charge in [-0.25, -0.2) is 0 Å². The Labute approximate surface area is 111 Å². The average Bonchev–Trinajstić information content (AvgIpc) is 2.47. The molecule has 0 saturated carbocycles. The van der Waals surface area contributed by atoms with Crippen LogP contribution in [0.15, 0.2) is 42.5 Å². The Kier molecular flexibility index (Phi) is 2.07. The second kappa shape index (κ2) is 3.67. The third-order valence-electron chi connectivity index (χ3n) is 4.52. The van der Waals surface area contributed by atoms with Crippen LogP contribution >= 0.6 is 0 Å². The van der Waals surface area contributed by atoms with Gasteiger partial charge in [-0.3, -0.25) is 10.1 Å². The fraction of sp³-hybridized carbons (Fsp3) is 0.250. The summed E-state index contributed by atoms with van der Waals surface area (Å²) in [5.41, 5.74) is 5.46. The zero-order valence-corrected chi connectivity index (χ0v) is 10.4. The predicted molar refractivity (Wildman–Crippen MR) is 72.5 cm³/mol. The lowest BCUT2D eigenvalue weighted by atomic mass is 9.64. The highest BCUT2D eigenvalue weighted by molar-refractivity contribution is 5.57. The van der Waals surface area contributed by atoms with E-state index in [9.17, 15) is 10.1 Å². The lowest BCUT2D eigenvalue weighted by molar-refractivity contribution is -0.385. The van der Waals surface area contributed by atoms with Crippen molar-refractivity contribution in [1.29, 1.82) is 0 Å². The van der Waals surface area contributed by atoms with E-state index in [2.05, 4.69) is 24.3 Å². The predicted octanol–water partition coefficient (Wildman–Crippen LogP) is 3.97. The Morgan fingerprint density at radius 1 is 0.895 bits per heavy atom. The fourth-order valence-corrected chi connectivity index (χ4v) is 3.73. The third-order valence-corrected chi connectivity index (χ3v) is 4.52. The SMILES string of the molecule is O=[N+]([O-])c1ccc2c(c1)C1CCC2c2ccccc21. The first-order valence-electron chi connectivity index (χ1n) is 6.63. The molecular formula is C16H13NO2. The van der Waals surface area contributed by atoms with Crippen LogP contribution in [0, 0.1) is 10.1 Å². The normalized spacial score (nSPS) is 22.7. The number of benzene rings is 2. The molecule has 5 rings (SSSR count). The van der Waals surface area contributed by atoms with E-state index in [1.54, 1.807) is 12.1 Å². The maximum atomic E-state index is 10.9. The van der Waals surface area contributed by atoms with E-state index in [1.165, 1.54) is 22.3 Å². The first-order valence-corrected chi connectivity index (χ1v) is 6.63. The standard InChI is InChI=1S/C16H13NO2/c18-17(19)10-5-6-14-13-7-8-15(16(14)9-10)12-4-2-1-3-11(12)13/h1-6,9,13,15H,7-8H2. The summed E-state index contributed by atoms with van der Waals surface area (Å²) >= 11 is 0. The Morgan fingerprint density at radius 3 is 2.11 bits per heavy atom. The first-order chi connectivity index (χ1) is 9.25. The van der Waals surface area contributed by atoms with Crippen molar-refractivity contribution in [3.8, 4) is 0 Å². The zero-order valence-electron chi connectivity index (χ0n) is 10.4. The van der Waals surface area contributed by atoms with E-state index in [0.717, 1.165) is 12.8 Å². The van der Waals surface area contributed by atoms with Crippen molar-refractivity contribution in [2.75, 3.05) is 0 Å². The van der Waals surface area contributed by atoms with Crippen LogP contribution < -0.4 is 0 Å². The summed E-state index contributed by atoms with van der Waals surface area (Å²) in [5.74, 6) is 0.771. The van der Waals surface area contributed by atoms with Gasteiger partial charge in [-0.2, -0.15) is 0 Å². The maximum absolute atomic E-state index is 10.9. The molecule has 0 saturated heterocycles. The number of hydrogen-bond acceptors (Lipinski definition) is 2. The van der Waals surface area contributed by atoms with Gasteiger partial charge in [0.15, 0.2) is 0 Å². The minimum absolute atomic E-state index is 0.212. The largest absolute Gasteiger partial charge is 0.269 e. The number of nitro benzene ring substituents is 1. The van der Waals surface area contributed by atoms with Crippen molar-refractivity contribution in [2.24, 2.45) is 0 Å². The molecule has 0 N–H and O–H groups in total. The highest BCUT2D eigenvalue weighted by atomic mass is 16.6. The monoisotopic (exact) mass is 251 g/mol. The Bertz CT molecular complexity index is 693. The molecule has 0 aliphatic heterocycles. The van der Waals surface area contributed by atoms with Crippen molar-refractivity contribution < 1.29 is 4.92 Å². The molecule has 0 spiro atoms. The third kappa shape index (κ3) is 1.38. The van der Waals surface area contributed by atoms with E-state index in [-0.39, 0.29) is 10.6 Å². The maximum Gasteiger partial charge on any atom is 0.269 e. The van der Waals surface area contributed by atoms with Crippen LogP contribution in [-0.2, 0) is 0 Å². The molecule has 0 heterocycles. The molecule has 2 atom stereocenters. The summed E-state index contributed by atoms with van der Waals surface area (Å²) < 4.78 is 0. The molecule has 3 aliphatic carbocycles. The Hall–Kier alpha value is -2.16. The molecule has 3 nitrogen and oxygen atoms in total. The zero-order chi connectivity index (χ0) is 13.0. The average molecular weight is 251 g/mol. The van der Waals surface area contributed by atoms with E-state index >= 15 is 0 Å². The van der Waals surface area contributed by atoms with Crippen LogP contribution in [0.4, 0.5) is 5.69 Å². The summed E-state index contributed by atoms with van der Waals surface area (Å²) in [5, 5.41) is 10.9. The van der Waals surface area contributed by atoms with Gasteiger partial charge < -0.3 is 0 Å². The number of fused-ring (bicyclic) bond motifs is 1. The van der Waals surface area contributed by atoms with Gasteiger partial charge in [0.25, 0.3) is 5.69 Å². The summed E-state index contributed by atoms with van der Waals surface area (Å²) in [6.45, 7) is 0. The highest BCUT2D eigenvalue weighted by Gasteiger charge is 2.37. The van der Waals surface area contributed by atoms with Crippen molar-refractivity contribution in [1.82, 2.24) is 0 Å². The van der Waals surface area contributed by atoms with Gasteiger partial charge in [-0.05, 0) is 35.1 Å². The Morgan fingerprint density at radius 2 is 1.47 bits per heavy atom.